The molecule has 2 aromatic rings. The number of halogens is 2. The zero-order valence-electron chi connectivity index (χ0n) is 14.1. The summed E-state index contributed by atoms with van der Waals surface area (Å²) in [4.78, 5) is 4.90. The van der Waals surface area contributed by atoms with Crippen LogP contribution in [0.2, 0.25) is 10.0 Å². The third kappa shape index (κ3) is 3.11. The first-order valence-corrected chi connectivity index (χ1v) is 9.40. The predicted molar refractivity (Wildman–Crippen MR) is 103 cm³/mol. The van der Waals surface area contributed by atoms with Crippen molar-refractivity contribution < 1.29 is 0 Å². The lowest BCUT2D eigenvalue weighted by atomic mass is 9.79. The number of amidine groups is 1. The van der Waals surface area contributed by atoms with Crippen molar-refractivity contribution in [1.29, 1.82) is 0 Å². The quantitative estimate of drug-likeness (QED) is 0.798. The van der Waals surface area contributed by atoms with E-state index in [0.717, 1.165) is 35.7 Å². The lowest BCUT2D eigenvalue weighted by molar-refractivity contribution is 0.394. The van der Waals surface area contributed by atoms with Crippen LogP contribution in [0.15, 0.2) is 29.4 Å². The third-order valence-corrected chi connectivity index (χ3v) is 5.85. The number of rotatable bonds is 2. The fourth-order valence-corrected chi connectivity index (χ4v) is 4.05. The molecule has 0 bridgehead atoms. The summed E-state index contributed by atoms with van der Waals surface area (Å²) in [6, 6.07) is 5.72. The van der Waals surface area contributed by atoms with E-state index in [1.165, 1.54) is 19.3 Å². The number of benzene rings is 1. The molecule has 5 nitrogen and oxygen atoms in total. The van der Waals surface area contributed by atoms with E-state index in [2.05, 4.69) is 15.7 Å². The van der Waals surface area contributed by atoms with Gasteiger partial charge >= 0.3 is 0 Å². The van der Waals surface area contributed by atoms with E-state index in [4.69, 9.17) is 28.2 Å². The van der Waals surface area contributed by atoms with Gasteiger partial charge in [0.15, 0.2) is 5.82 Å². The van der Waals surface area contributed by atoms with Crippen LogP contribution in [0.5, 0.6) is 0 Å². The highest BCUT2D eigenvalue weighted by molar-refractivity contribution is 6.42. The third-order valence-electron chi connectivity index (χ3n) is 5.11. The Morgan fingerprint density at radius 2 is 2.00 bits per heavy atom. The Balaban J connectivity index is 1.62. The molecular weight excluding hydrogens is 357 g/mol. The molecule has 1 fully saturated rings. The van der Waals surface area contributed by atoms with Crippen LogP contribution in [-0.2, 0) is 13.6 Å². The van der Waals surface area contributed by atoms with Crippen LogP contribution < -0.4 is 10.6 Å². The summed E-state index contributed by atoms with van der Waals surface area (Å²) in [5.74, 6) is 2.00. The Bertz CT molecular complexity index is 821. The first-order chi connectivity index (χ1) is 12.1. The highest BCUT2D eigenvalue weighted by Crippen LogP contribution is 2.40. The van der Waals surface area contributed by atoms with Gasteiger partial charge in [0.25, 0.3) is 0 Å². The van der Waals surface area contributed by atoms with Crippen LogP contribution in [-0.4, -0.2) is 21.2 Å². The van der Waals surface area contributed by atoms with Gasteiger partial charge in [0.1, 0.15) is 11.5 Å². The number of anilines is 1. The molecule has 1 aliphatic heterocycles. The van der Waals surface area contributed by atoms with Gasteiger partial charge in [-0.1, -0.05) is 48.5 Å². The summed E-state index contributed by atoms with van der Waals surface area (Å²) in [6.45, 7) is 0.661. The number of hydrogen-bond acceptors (Lipinski definition) is 4. The first kappa shape index (κ1) is 16.7. The molecule has 1 spiro atoms. The largest absolute Gasteiger partial charge is 0.367 e. The van der Waals surface area contributed by atoms with E-state index >= 15 is 0 Å². The molecule has 132 valence electrons. The van der Waals surface area contributed by atoms with Crippen molar-refractivity contribution in [2.75, 3.05) is 5.32 Å². The lowest BCUT2D eigenvalue weighted by Crippen LogP contribution is -2.55. The molecule has 7 heteroatoms. The summed E-state index contributed by atoms with van der Waals surface area (Å²) in [7, 11) is 1.95. The van der Waals surface area contributed by atoms with E-state index in [9.17, 15) is 0 Å². The van der Waals surface area contributed by atoms with Crippen molar-refractivity contribution in [2.24, 2.45) is 12.0 Å². The van der Waals surface area contributed by atoms with Gasteiger partial charge in [-0.2, -0.15) is 5.10 Å². The second kappa shape index (κ2) is 6.54. The van der Waals surface area contributed by atoms with Crippen molar-refractivity contribution >= 4 is 40.5 Å². The van der Waals surface area contributed by atoms with Crippen molar-refractivity contribution in [3.63, 3.8) is 0 Å². The standard InChI is InChI=1S/C18H21Cl2N5/c1-25-16-15(11-22-25)23-17(18(24-16)7-3-2-4-8-18)21-10-12-5-6-13(19)14(20)9-12/h5-6,9,11,24H,2-4,7-8,10H2,1H3,(H,21,23). The molecule has 1 aromatic heterocycles. The molecule has 1 aliphatic carbocycles. The zero-order chi connectivity index (χ0) is 17.4. The van der Waals surface area contributed by atoms with E-state index < -0.39 is 0 Å². The van der Waals surface area contributed by atoms with Crippen molar-refractivity contribution in [1.82, 2.24) is 15.1 Å². The number of nitrogens with zero attached hydrogens (tertiary/aromatic N) is 3. The molecule has 0 unspecified atom stereocenters. The minimum atomic E-state index is -0.130. The van der Waals surface area contributed by atoms with Gasteiger partial charge in [0.2, 0.25) is 0 Å². The number of nitrogens with one attached hydrogen (secondary N) is 2. The van der Waals surface area contributed by atoms with E-state index in [1.807, 2.05) is 29.9 Å². The van der Waals surface area contributed by atoms with Gasteiger partial charge in [-0.15, -0.1) is 0 Å². The van der Waals surface area contributed by atoms with Gasteiger partial charge < -0.3 is 10.6 Å². The number of fused-ring (bicyclic) bond motifs is 1. The number of aromatic nitrogens is 2. The van der Waals surface area contributed by atoms with Crippen molar-refractivity contribution in [3.8, 4) is 0 Å². The van der Waals surface area contributed by atoms with Crippen LogP contribution in [0, 0.1) is 0 Å². The van der Waals surface area contributed by atoms with Crippen LogP contribution in [0.4, 0.5) is 11.5 Å². The van der Waals surface area contributed by atoms with Crippen LogP contribution in [0.3, 0.4) is 0 Å². The van der Waals surface area contributed by atoms with Crippen molar-refractivity contribution in [3.05, 3.63) is 40.0 Å². The predicted octanol–water partition coefficient (Wildman–Crippen LogP) is 4.68. The number of hydrogen-bond donors (Lipinski definition) is 2. The van der Waals surface area contributed by atoms with Crippen LogP contribution >= 0.6 is 23.2 Å². The second-order valence-corrected chi connectivity index (χ2v) is 7.65. The maximum Gasteiger partial charge on any atom is 0.151 e. The molecule has 2 heterocycles. The monoisotopic (exact) mass is 377 g/mol. The molecule has 0 amide bonds. The summed E-state index contributed by atoms with van der Waals surface area (Å²) < 4.78 is 1.87. The molecular formula is C18H21Cl2N5. The fourth-order valence-electron chi connectivity index (χ4n) is 3.73. The smallest absolute Gasteiger partial charge is 0.151 e. The second-order valence-electron chi connectivity index (χ2n) is 6.83. The van der Waals surface area contributed by atoms with Crippen LogP contribution in [0.25, 0.3) is 0 Å². The Hall–Kier alpha value is -1.72. The molecule has 0 radical (unpaired) electrons. The Labute approximate surface area is 157 Å². The number of aliphatic imine (C=N–C) groups is 1. The van der Waals surface area contributed by atoms with Crippen LogP contribution in [0.1, 0.15) is 37.7 Å². The first-order valence-electron chi connectivity index (χ1n) is 8.65. The SMILES string of the molecule is Cn1ncc2c1NC1(CCCCC1)C(NCc1ccc(Cl)c(Cl)c1)=N2. The van der Waals surface area contributed by atoms with Gasteiger partial charge in [0, 0.05) is 13.6 Å². The summed E-state index contributed by atoms with van der Waals surface area (Å²) in [6.07, 6.45) is 7.64. The number of aryl methyl sites for hydroxylation is 1. The van der Waals surface area contributed by atoms with E-state index in [0.29, 0.717) is 16.6 Å². The Kier molecular flexibility index (Phi) is 4.38. The molecule has 25 heavy (non-hydrogen) atoms. The molecule has 2 N–H and O–H groups in total. The molecule has 0 saturated heterocycles. The fraction of sp³-hybridized carbons (Fsp3) is 0.444. The summed E-state index contributed by atoms with van der Waals surface area (Å²) in [5.41, 5.74) is 1.84. The maximum absolute atomic E-state index is 6.13. The molecule has 2 aliphatic rings. The topological polar surface area (TPSA) is 54.2 Å². The summed E-state index contributed by atoms with van der Waals surface area (Å²) >= 11 is 12.1. The molecule has 0 atom stereocenters. The normalized spacial score (nSPS) is 18.4. The van der Waals surface area contributed by atoms with E-state index in [1.54, 1.807) is 6.20 Å². The Morgan fingerprint density at radius 1 is 1.20 bits per heavy atom. The highest BCUT2D eigenvalue weighted by atomic mass is 35.5. The van der Waals surface area contributed by atoms with Gasteiger partial charge in [-0.3, -0.25) is 4.68 Å². The molecule has 1 saturated carbocycles. The lowest BCUT2D eigenvalue weighted by Gasteiger charge is -2.42. The zero-order valence-corrected chi connectivity index (χ0v) is 15.7. The maximum atomic E-state index is 6.13. The van der Waals surface area contributed by atoms with Gasteiger partial charge in [0.05, 0.1) is 21.8 Å². The molecule has 4 rings (SSSR count). The molecule has 1 aromatic carbocycles. The minimum absolute atomic E-state index is 0.130. The minimum Gasteiger partial charge on any atom is -0.367 e. The van der Waals surface area contributed by atoms with Crippen molar-refractivity contribution in [2.45, 2.75) is 44.2 Å². The van der Waals surface area contributed by atoms with E-state index in [-0.39, 0.29) is 5.54 Å². The van der Waals surface area contributed by atoms with Gasteiger partial charge in [-0.05, 0) is 30.5 Å². The Morgan fingerprint density at radius 3 is 2.76 bits per heavy atom. The summed E-state index contributed by atoms with van der Waals surface area (Å²) in [5, 5.41) is 12.8. The van der Waals surface area contributed by atoms with Gasteiger partial charge in [-0.25, -0.2) is 4.99 Å². The average Bonchev–Trinajstić information content (AvgIpc) is 2.96. The highest BCUT2D eigenvalue weighted by Gasteiger charge is 2.41. The average molecular weight is 378 g/mol.